The zero-order valence-corrected chi connectivity index (χ0v) is 13.5. The largest absolute Gasteiger partial charge is 0.380 e. The van der Waals surface area contributed by atoms with E-state index in [9.17, 15) is 0 Å². The highest BCUT2D eigenvalue weighted by atomic mass is 127. The molecule has 2 bridgehead atoms. The summed E-state index contributed by atoms with van der Waals surface area (Å²) in [5.41, 5.74) is 0. The van der Waals surface area contributed by atoms with Crippen molar-refractivity contribution in [3.05, 3.63) is 0 Å². The summed E-state index contributed by atoms with van der Waals surface area (Å²) in [6.45, 7) is 4.26. The lowest BCUT2D eigenvalue weighted by molar-refractivity contribution is 0.0992. The number of halogens is 1. The zero-order chi connectivity index (χ0) is 12.1. The van der Waals surface area contributed by atoms with E-state index in [1.54, 1.807) is 7.05 Å². The minimum Gasteiger partial charge on any atom is -0.380 e. The van der Waals surface area contributed by atoms with Crippen LogP contribution in [0.2, 0.25) is 0 Å². The van der Waals surface area contributed by atoms with E-state index in [1.807, 2.05) is 6.92 Å². The number of hydrogen-bond donors (Lipinski definition) is 2. The van der Waals surface area contributed by atoms with Crippen molar-refractivity contribution in [3.8, 4) is 0 Å². The van der Waals surface area contributed by atoms with Crippen molar-refractivity contribution >= 4 is 29.9 Å². The molecule has 18 heavy (non-hydrogen) atoms. The number of ether oxygens (including phenoxy) is 2. The topological polar surface area (TPSA) is 54.9 Å². The van der Waals surface area contributed by atoms with E-state index in [2.05, 4.69) is 15.6 Å². The van der Waals surface area contributed by atoms with Crippen LogP contribution in [0.3, 0.4) is 0 Å². The van der Waals surface area contributed by atoms with Crippen molar-refractivity contribution in [2.75, 3.05) is 26.8 Å². The Kier molecular flexibility index (Phi) is 7.25. The van der Waals surface area contributed by atoms with Crippen molar-refractivity contribution in [1.82, 2.24) is 10.6 Å². The van der Waals surface area contributed by atoms with Gasteiger partial charge in [-0.2, -0.15) is 0 Å². The van der Waals surface area contributed by atoms with E-state index in [0.29, 0.717) is 24.9 Å². The molecule has 0 aromatic rings. The van der Waals surface area contributed by atoms with Gasteiger partial charge in [-0.05, 0) is 26.2 Å². The van der Waals surface area contributed by atoms with Crippen LogP contribution in [0.4, 0.5) is 0 Å². The highest BCUT2D eigenvalue weighted by molar-refractivity contribution is 14.0. The van der Waals surface area contributed by atoms with Gasteiger partial charge in [0.05, 0.1) is 24.9 Å². The highest BCUT2D eigenvalue weighted by Gasteiger charge is 2.40. The summed E-state index contributed by atoms with van der Waals surface area (Å²) in [5.74, 6) is 0.853. The molecule has 2 aliphatic heterocycles. The molecule has 2 heterocycles. The van der Waals surface area contributed by atoms with Crippen LogP contribution < -0.4 is 10.6 Å². The molecule has 2 N–H and O–H groups in total. The van der Waals surface area contributed by atoms with Gasteiger partial charge in [0.25, 0.3) is 0 Å². The highest BCUT2D eigenvalue weighted by Crippen LogP contribution is 2.34. The molecule has 5 nitrogen and oxygen atoms in total. The Balaban J connectivity index is 0.00000162. The van der Waals surface area contributed by atoms with Crippen LogP contribution in [-0.4, -0.2) is 51.0 Å². The smallest absolute Gasteiger partial charge is 0.191 e. The Morgan fingerprint density at radius 2 is 2.28 bits per heavy atom. The van der Waals surface area contributed by atoms with Crippen LogP contribution in [0.15, 0.2) is 4.99 Å². The molecular formula is C12H24IN3O2. The van der Waals surface area contributed by atoms with Crippen LogP contribution in [0.5, 0.6) is 0 Å². The van der Waals surface area contributed by atoms with E-state index >= 15 is 0 Å². The minimum atomic E-state index is 0. The molecule has 3 unspecified atom stereocenters. The van der Waals surface area contributed by atoms with Crippen LogP contribution in [0, 0.1) is 0 Å². The Hall–Kier alpha value is -0.0800. The second kappa shape index (κ2) is 8.16. The fourth-order valence-electron chi connectivity index (χ4n) is 2.55. The molecule has 0 radical (unpaired) electrons. The molecule has 6 heteroatoms. The third-order valence-corrected chi connectivity index (χ3v) is 3.39. The quantitative estimate of drug-likeness (QED) is 0.330. The first kappa shape index (κ1) is 16.0. The van der Waals surface area contributed by atoms with Gasteiger partial charge in [-0.1, -0.05) is 0 Å². The Morgan fingerprint density at radius 3 is 2.83 bits per heavy atom. The summed E-state index contributed by atoms with van der Waals surface area (Å²) in [5, 5.41) is 6.68. The number of fused-ring (bicyclic) bond motifs is 2. The molecule has 3 atom stereocenters. The van der Waals surface area contributed by atoms with Gasteiger partial charge in [0.15, 0.2) is 5.96 Å². The Morgan fingerprint density at radius 1 is 1.44 bits per heavy atom. The Bertz CT molecular complexity index is 276. The molecule has 106 valence electrons. The van der Waals surface area contributed by atoms with Gasteiger partial charge in [0, 0.05) is 20.2 Å². The molecule has 0 aromatic heterocycles. The summed E-state index contributed by atoms with van der Waals surface area (Å²) >= 11 is 0. The maximum atomic E-state index is 5.80. The predicted molar refractivity (Wildman–Crippen MR) is 82.7 cm³/mol. The number of aliphatic imine (C=N–C) groups is 1. The maximum Gasteiger partial charge on any atom is 0.191 e. The lowest BCUT2D eigenvalue weighted by atomic mass is 9.96. The van der Waals surface area contributed by atoms with E-state index < -0.39 is 0 Å². The van der Waals surface area contributed by atoms with Crippen molar-refractivity contribution in [3.63, 3.8) is 0 Å². The van der Waals surface area contributed by atoms with E-state index in [-0.39, 0.29) is 24.0 Å². The SMILES string of the molecule is CCOCCNC(=NC)NC1CC2CCC1O2.I. The van der Waals surface area contributed by atoms with Crippen LogP contribution >= 0.6 is 24.0 Å². The van der Waals surface area contributed by atoms with E-state index in [1.165, 1.54) is 12.8 Å². The lowest BCUT2D eigenvalue weighted by Crippen LogP contribution is -2.48. The van der Waals surface area contributed by atoms with Gasteiger partial charge in [-0.15, -0.1) is 24.0 Å². The monoisotopic (exact) mass is 369 g/mol. The van der Waals surface area contributed by atoms with Crippen LogP contribution in [0.25, 0.3) is 0 Å². The molecule has 0 aliphatic carbocycles. The van der Waals surface area contributed by atoms with Gasteiger partial charge < -0.3 is 20.1 Å². The molecule has 2 rings (SSSR count). The first-order valence-corrected chi connectivity index (χ1v) is 6.54. The lowest BCUT2D eigenvalue weighted by Gasteiger charge is -2.22. The first-order valence-electron chi connectivity index (χ1n) is 6.54. The number of guanidine groups is 1. The molecule has 0 aromatic carbocycles. The summed E-state index contributed by atoms with van der Waals surface area (Å²) in [6, 6.07) is 0.423. The molecule has 2 fully saturated rings. The van der Waals surface area contributed by atoms with Crippen molar-refractivity contribution in [2.45, 2.75) is 44.4 Å². The summed E-state index contributed by atoms with van der Waals surface area (Å²) in [4.78, 5) is 4.22. The number of nitrogens with one attached hydrogen (secondary N) is 2. The fraction of sp³-hybridized carbons (Fsp3) is 0.917. The van der Waals surface area contributed by atoms with Gasteiger partial charge in [0.1, 0.15) is 0 Å². The molecule has 0 saturated carbocycles. The summed E-state index contributed by atoms with van der Waals surface area (Å²) in [6.07, 6.45) is 4.36. The average Bonchev–Trinajstić information content (AvgIpc) is 2.95. The number of rotatable bonds is 5. The number of nitrogens with zero attached hydrogens (tertiary/aromatic N) is 1. The fourth-order valence-corrected chi connectivity index (χ4v) is 2.55. The molecule has 2 saturated heterocycles. The maximum absolute atomic E-state index is 5.80. The van der Waals surface area contributed by atoms with Crippen LogP contribution in [0.1, 0.15) is 26.2 Å². The third kappa shape index (κ3) is 4.24. The predicted octanol–water partition coefficient (Wildman–Crippen LogP) is 1.13. The Labute approximate surface area is 126 Å². The normalized spacial score (nSPS) is 30.1. The molecular weight excluding hydrogens is 345 g/mol. The standard InChI is InChI=1S/C12H23N3O2.HI/c1-3-16-7-6-14-12(13-2)15-10-8-9-4-5-11(10)17-9;/h9-11H,3-8H2,1-2H3,(H2,13,14,15);1H. The second-order valence-corrected chi connectivity index (χ2v) is 4.56. The number of hydrogen-bond acceptors (Lipinski definition) is 3. The molecule has 0 spiro atoms. The van der Waals surface area contributed by atoms with Crippen LogP contribution in [-0.2, 0) is 9.47 Å². The molecule has 2 aliphatic rings. The third-order valence-electron chi connectivity index (χ3n) is 3.39. The van der Waals surface area contributed by atoms with E-state index in [0.717, 1.165) is 25.5 Å². The van der Waals surface area contributed by atoms with E-state index in [4.69, 9.17) is 9.47 Å². The zero-order valence-electron chi connectivity index (χ0n) is 11.1. The first-order chi connectivity index (χ1) is 8.33. The van der Waals surface area contributed by atoms with Gasteiger partial charge in [-0.3, -0.25) is 4.99 Å². The van der Waals surface area contributed by atoms with Crippen molar-refractivity contribution in [2.24, 2.45) is 4.99 Å². The minimum absolute atomic E-state index is 0. The summed E-state index contributed by atoms with van der Waals surface area (Å²) in [7, 11) is 1.80. The molecule has 0 amide bonds. The average molecular weight is 369 g/mol. The van der Waals surface area contributed by atoms with Crippen molar-refractivity contribution in [1.29, 1.82) is 0 Å². The van der Waals surface area contributed by atoms with Crippen molar-refractivity contribution < 1.29 is 9.47 Å². The van der Waals surface area contributed by atoms with Gasteiger partial charge >= 0.3 is 0 Å². The van der Waals surface area contributed by atoms with Gasteiger partial charge in [0.2, 0.25) is 0 Å². The van der Waals surface area contributed by atoms with Gasteiger partial charge in [-0.25, -0.2) is 0 Å². The second-order valence-electron chi connectivity index (χ2n) is 4.56. The summed E-state index contributed by atoms with van der Waals surface area (Å²) < 4.78 is 11.1.